The Bertz CT molecular complexity index is 497. The summed E-state index contributed by atoms with van der Waals surface area (Å²) in [5, 5.41) is 3.85. The standard InChI is InChI=1S/C12H16FN3S/c1-8(17-2)5-6-14-12-15-10-4-3-9(13)7-11(10)16-12/h3-4,7-8H,5-6H2,1-2H3,(H2,14,15,16). The van der Waals surface area contributed by atoms with Crippen LogP contribution in [-0.2, 0) is 0 Å². The van der Waals surface area contributed by atoms with E-state index < -0.39 is 0 Å². The van der Waals surface area contributed by atoms with Gasteiger partial charge in [-0.3, -0.25) is 0 Å². The first-order valence-corrected chi connectivity index (χ1v) is 6.90. The fourth-order valence-corrected chi connectivity index (χ4v) is 1.93. The van der Waals surface area contributed by atoms with Gasteiger partial charge in [-0.15, -0.1) is 0 Å². The Labute approximate surface area is 104 Å². The van der Waals surface area contributed by atoms with Crippen LogP contribution in [0.2, 0.25) is 0 Å². The SMILES string of the molecule is CSC(C)CCNc1nc2ccc(F)cc2[nH]1. The summed E-state index contributed by atoms with van der Waals surface area (Å²) in [5.41, 5.74) is 1.51. The van der Waals surface area contributed by atoms with Gasteiger partial charge in [-0.05, 0) is 30.9 Å². The van der Waals surface area contributed by atoms with E-state index in [1.54, 1.807) is 6.07 Å². The predicted octanol–water partition coefficient (Wildman–Crippen LogP) is 3.26. The average molecular weight is 253 g/mol. The lowest BCUT2D eigenvalue weighted by Gasteiger charge is -2.07. The quantitative estimate of drug-likeness (QED) is 0.859. The van der Waals surface area contributed by atoms with Crippen molar-refractivity contribution in [2.75, 3.05) is 18.1 Å². The van der Waals surface area contributed by atoms with Gasteiger partial charge in [0.2, 0.25) is 5.95 Å². The largest absolute Gasteiger partial charge is 0.356 e. The third-order valence-electron chi connectivity index (χ3n) is 2.69. The molecule has 1 heterocycles. The molecule has 2 N–H and O–H groups in total. The van der Waals surface area contributed by atoms with Gasteiger partial charge in [-0.2, -0.15) is 11.8 Å². The van der Waals surface area contributed by atoms with Crippen molar-refractivity contribution in [3.63, 3.8) is 0 Å². The number of benzene rings is 1. The Kier molecular flexibility index (Phi) is 3.89. The zero-order valence-corrected chi connectivity index (χ0v) is 10.8. The van der Waals surface area contributed by atoms with Crippen LogP contribution >= 0.6 is 11.8 Å². The second kappa shape index (κ2) is 5.40. The minimum Gasteiger partial charge on any atom is -0.356 e. The Morgan fingerprint density at radius 2 is 2.35 bits per heavy atom. The molecule has 2 aromatic rings. The van der Waals surface area contributed by atoms with Crippen molar-refractivity contribution >= 4 is 28.7 Å². The Hall–Kier alpha value is -1.23. The van der Waals surface area contributed by atoms with Crippen molar-refractivity contribution in [2.45, 2.75) is 18.6 Å². The van der Waals surface area contributed by atoms with E-state index in [0.29, 0.717) is 11.2 Å². The van der Waals surface area contributed by atoms with Crippen molar-refractivity contribution in [3.05, 3.63) is 24.0 Å². The number of fused-ring (bicyclic) bond motifs is 1. The van der Waals surface area contributed by atoms with Crippen LogP contribution in [0.5, 0.6) is 0 Å². The van der Waals surface area contributed by atoms with Crippen LogP contribution in [0.25, 0.3) is 11.0 Å². The van der Waals surface area contributed by atoms with Crippen LogP contribution in [0.1, 0.15) is 13.3 Å². The van der Waals surface area contributed by atoms with Gasteiger partial charge in [-0.25, -0.2) is 9.37 Å². The van der Waals surface area contributed by atoms with Crippen LogP contribution in [0, 0.1) is 5.82 Å². The maximum Gasteiger partial charge on any atom is 0.201 e. The summed E-state index contributed by atoms with van der Waals surface area (Å²) in [4.78, 5) is 7.40. The molecule has 1 aromatic heterocycles. The summed E-state index contributed by atoms with van der Waals surface area (Å²) >= 11 is 1.85. The number of halogens is 1. The maximum absolute atomic E-state index is 13.0. The van der Waals surface area contributed by atoms with Crippen LogP contribution in [0.15, 0.2) is 18.2 Å². The number of imidazole rings is 1. The number of nitrogens with zero attached hydrogens (tertiary/aromatic N) is 1. The third kappa shape index (κ3) is 3.12. The highest BCUT2D eigenvalue weighted by Crippen LogP contribution is 2.16. The zero-order valence-electron chi connectivity index (χ0n) is 9.96. The number of anilines is 1. The highest BCUT2D eigenvalue weighted by molar-refractivity contribution is 7.99. The van der Waals surface area contributed by atoms with Crippen LogP contribution in [0.3, 0.4) is 0 Å². The molecule has 0 bridgehead atoms. The lowest BCUT2D eigenvalue weighted by atomic mass is 10.3. The van der Waals surface area contributed by atoms with Crippen molar-refractivity contribution in [1.82, 2.24) is 9.97 Å². The maximum atomic E-state index is 13.0. The first-order chi connectivity index (χ1) is 8.19. The monoisotopic (exact) mass is 253 g/mol. The normalized spacial score (nSPS) is 12.9. The first-order valence-electron chi connectivity index (χ1n) is 5.61. The minimum atomic E-state index is -0.247. The van der Waals surface area contributed by atoms with Gasteiger partial charge in [0.05, 0.1) is 11.0 Å². The zero-order chi connectivity index (χ0) is 12.3. The van der Waals surface area contributed by atoms with Crippen molar-refractivity contribution in [2.24, 2.45) is 0 Å². The number of aromatic nitrogens is 2. The van der Waals surface area contributed by atoms with Gasteiger partial charge >= 0.3 is 0 Å². The van der Waals surface area contributed by atoms with Crippen molar-refractivity contribution in [1.29, 1.82) is 0 Å². The molecule has 3 nitrogen and oxygen atoms in total. The Balaban J connectivity index is 1.99. The van der Waals surface area contributed by atoms with E-state index in [1.807, 2.05) is 11.8 Å². The summed E-state index contributed by atoms with van der Waals surface area (Å²) in [5.74, 6) is 0.461. The van der Waals surface area contributed by atoms with Crippen LogP contribution < -0.4 is 5.32 Å². The number of nitrogens with one attached hydrogen (secondary N) is 2. The number of H-pyrrole nitrogens is 1. The van der Waals surface area contributed by atoms with Crippen LogP contribution in [-0.4, -0.2) is 28.0 Å². The highest BCUT2D eigenvalue weighted by atomic mass is 32.2. The van der Waals surface area contributed by atoms with Gasteiger partial charge < -0.3 is 10.3 Å². The molecule has 0 aliphatic heterocycles. The van der Waals surface area contributed by atoms with Gasteiger partial charge in [-0.1, -0.05) is 6.92 Å². The summed E-state index contributed by atoms with van der Waals surface area (Å²) in [6.07, 6.45) is 3.18. The van der Waals surface area contributed by atoms with Crippen LogP contribution in [0.4, 0.5) is 10.3 Å². The topological polar surface area (TPSA) is 40.7 Å². The van der Waals surface area contributed by atoms with E-state index in [1.165, 1.54) is 12.1 Å². The second-order valence-electron chi connectivity index (χ2n) is 4.01. The summed E-state index contributed by atoms with van der Waals surface area (Å²) < 4.78 is 13.0. The molecule has 0 saturated heterocycles. The molecule has 0 saturated carbocycles. The molecule has 0 amide bonds. The van der Waals surface area contributed by atoms with Gasteiger partial charge in [0.15, 0.2) is 0 Å². The number of thioether (sulfide) groups is 1. The highest BCUT2D eigenvalue weighted by Gasteiger charge is 2.04. The molecule has 92 valence electrons. The second-order valence-corrected chi connectivity index (χ2v) is 5.28. The molecule has 5 heteroatoms. The van der Waals surface area contributed by atoms with Crippen molar-refractivity contribution in [3.8, 4) is 0 Å². The number of rotatable bonds is 5. The lowest BCUT2D eigenvalue weighted by molar-refractivity contribution is 0.629. The summed E-state index contributed by atoms with van der Waals surface area (Å²) in [7, 11) is 0. The molecular formula is C12H16FN3S. The molecule has 1 unspecified atom stereocenters. The Morgan fingerprint density at radius 3 is 3.12 bits per heavy atom. The van der Waals surface area contributed by atoms with Gasteiger partial charge in [0.1, 0.15) is 5.82 Å². The molecule has 0 aliphatic rings. The molecule has 2 rings (SSSR count). The van der Waals surface area contributed by atoms with Gasteiger partial charge in [0, 0.05) is 11.8 Å². The number of hydrogen-bond donors (Lipinski definition) is 2. The van der Waals surface area contributed by atoms with E-state index in [9.17, 15) is 4.39 Å². The van der Waals surface area contributed by atoms with E-state index in [-0.39, 0.29) is 5.82 Å². The molecule has 0 radical (unpaired) electrons. The lowest BCUT2D eigenvalue weighted by Crippen LogP contribution is -2.08. The third-order valence-corrected chi connectivity index (χ3v) is 3.73. The molecule has 17 heavy (non-hydrogen) atoms. The molecule has 0 spiro atoms. The number of aromatic amines is 1. The molecule has 0 fully saturated rings. The molecule has 1 atom stereocenters. The fourth-order valence-electron chi connectivity index (χ4n) is 1.58. The predicted molar refractivity (Wildman–Crippen MR) is 72.1 cm³/mol. The number of hydrogen-bond acceptors (Lipinski definition) is 3. The van der Waals surface area contributed by atoms with E-state index in [2.05, 4.69) is 28.5 Å². The molecule has 1 aromatic carbocycles. The van der Waals surface area contributed by atoms with Crippen molar-refractivity contribution < 1.29 is 4.39 Å². The van der Waals surface area contributed by atoms with E-state index in [4.69, 9.17) is 0 Å². The molecule has 0 aliphatic carbocycles. The summed E-state index contributed by atoms with van der Waals surface area (Å²) in [6.45, 7) is 3.06. The fraction of sp³-hybridized carbons (Fsp3) is 0.417. The smallest absolute Gasteiger partial charge is 0.201 e. The minimum absolute atomic E-state index is 0.247. The van der Waals surface area contributed by atoms with Gasteiger partial charge in [0.25, 0.3) is 0 Å². The first kappa shape index (κ1) is 12.2. The van der Waals surface area contributed by atoms with E-state index >= 15 is 0 Å². The molecular weight excluding hydrogens is 237 g/mol. The Morgan fingerprint density at radius 1 is 1.53 bits per heavy atom. The van der Waals surface area contributed by atoms with E-state index in [0.717, 1.165) is 24.0 Å². The summed E-state index contributed by atoms with van der Waals surface area (Å²) in [6, 6.07) is 4.55. The average Bonchev–Trinajstić information content (AvgIpc) is 2.70.